The fourth-order valence-corrected chi connectivity index (χ4v) is 3.16. The topological polar surface area (TPSA) is 56.4 Å². The molecule has 1 aromatic carbocycles. The lowest BCUT2D eigenvalue weighted by Gasteiger charge is -2.36. The third kappa shape index (κ3) is 3.57. The van der Waals surface area contributed by atoms with Crippen molar-refractivity contribution >= 4 is 11.6 Å². The van der Waals surface area contributed by atoms with E-state index >= 15 is 0 Å². The van der Waals surface area contributed by atoms with Crippen molar-refractivity contribution in [2.45, 2.75) is 19.8 Å². The van der Waals surface area contributed by atoms with Crippen molar-refractivity contribution in [1.29, 1.82) is 0 Å². The van der Waals surface area contributed by atoms with Gasteiger partial charge in [-0.3, -0.25) is 9.59 Å². The Balaban J connectivity index is 1.74. The van der Waals surface area contributed by atoms with E-state index in [0.717, 1.165) is 0 Å². The van der Waals surface area contributed by atoms with Gasteiger partial charge in [0.15, 0.2) is 0 Å². The van der Waals surface area contributed by atoms with Crippen LogP contribution in [-0.4, -0.2) is 42.0 Å². The third-order valence-electron chi connectivity index (χ3n) is 4.52. The van der Waals surface area contributed by atoms with Gasteiger partial charge in [-0.05, 0) is 24.1 Å². The molecule has 132 valence electrons. The molecule has 1 amide bonds. The summed E-state index contributed by atoms with van der Waals surface area (Å²) < 4.78 is 13.9. The fraction of sp³-hybridized carbons (Fsp3) is 0.368. The van der Waals surface area contributed by atoms with E-state index in [1.807, 2.05) is 24.8 Å². The molecule has 0 aliphatic carbocycles. The van der Waals surface area contributed by atoms with Crippen molar-refractivity contribution < 1.29 is 9.18 Å². The van der Waals surface area contributed by atoms with Crippen molar-refractivity contribution in [1.82, 2.24) is 9.88 Å². The number of anilines is 1. The van der Waals surface area contributed by atoms with Crippen molar-refractivity contribution in [2.24, 2.45) is 0 Å². The van der Waals surface area contributed by atoms with Gasteiger partial charge in [0.05, 0.1) is 11.3 Å². The number of carbonyl (C=O) groups excluding carboxylic acids is 1. The van der Waals surface area contributed by atoms with Crippen molar-refractivity contribution in [3.63, 3.8) is 0 Å². The quantitative estimate of drug-likeness (QED) is 0.932. The average molecular weight is 343 g/mol. The number of rotatable bonds is 3. The Labute approximate surface area is 146 Å². The highest BCUT2D eigenvalue weighted by Crippen LogP contribution is 2.22. The number of aromatic amines is 1. The molecule has 1 fully saturated rings. The Bertz CT molecular complexity index is 823. The van der Waals surface area contributed by atoms with E-state index < -0.39 is 0 Å². The minimum atomic E-state index is -0.245. The SMILES string of the molecule is CC(C)c1[nH]c(=O)ccc1C(=O)N1CCN(c2ccccc2F)CC1. The van der Waals surface area contributed by atoms with Crippen LogP contribution in [0.1, 0.15) is 35.8 Å². The van der Waals surface area contributed by atoms with Crippen molar-refractivity contribution in [3.05, 3.63) is 63.8 Å². The smallest absolute Gasteiger partial charge is 0.255 e. The Hall–Kier alpha value is -2.63. The van der Waals surface area contributed by atoms with Crippen molar-refractivity contribution in [3.8, 4) is 0 Å². The van der Waals surface area contributed by atoms with E-state index in [2.05, 4.69) is 4.98 Å². The van der Waals surface area contributed by atoms with Crippen LogP contribution in [0.3, 0.4) is 0 Å². The fourth-order valence-electron chi connectivity index (χ4n) is 3.16. The van der Waals surface area contributed by atoms with Gasteiger partial charge >= 0.3 is 0 Å². The van der Waals surface area contributed by atoms with Gasteiger partial charge in [-0.15, -0.1) is 0 Å². The molecule has 3 rings (SSSR count). The molecule has 2 heterocycles. The number of hydrogen-bond donors (Lipinski definition) is 1. The van der Waals surface area contributed by atoms with Gasteiger partial charge in [0.2, 0.25) is 5.56 Å². The summed E-state index contributed by atoms with van der Waals surface area (Å²) in [6.45, 7) is 6.07. The van der Waals surface area contributed by atoms with Crippen LogP contribution in [0.25, 0.3) is 0 Å². The molecule has 6 heteroatoms. The lowest BCUT2D eigenvalue weighted by Crippen LogP contribution is -2.49. The average Bonchev–Trinajstić information content (AvgIpc) is 2.61. The molecule has 1 aromatic heterocycles. The number of H-pyrrole nitrogens is 1. The number of piperazine rings is 1. The van der Waals surface area contributed by atoms with E-state index in [1.54, 1.807) is 23.1 Å². The molecule has 0 radical (unpaired) electrons. The number of amides is 1. The molecular formula is C19H22FN3O2. The van der Waals surface area contributed by atoms with Crippen LogP contribution in [0.4, 0.5) is 10.1 Å². The highest BCUT2D eigenvalue weighted by atomic mass is 19.1. The second-order valence-corrected chi connectivity index (χ2v) is 6.54. The van der Waals surface area contributed by atoms with Gasteiger partial charge in [0, 0.05) is 37.9 Å². The Morgan fingerprint density at radius 2 is 1.76 bits per heavy atom. The molecule has 5 nitrogen and oxygen atoms in total. The largest absolute Gasteiger partial charge is 0.366 e. The molecular weight excluding hydrogens is 321 g/mol. The second-order valence-electron chi connectivity index (χ2n) is 6.54. The highest BCUT2D eigenvalue weighted by Gasteiger charge is 2.25. The maximum Gasteiger partial charge on any atom is 0.255 e. The van der Waals surface area contributed by atoms with Crippen LogP contribution < -0.4 is 10.5 Å². The van der Waals surface area contributed by atoms with E-state index in [1.165, 1.54) is 12.1 Å². The first kappa shape index (κ1) is 17.2. The van der Waals surface area contributed by atoms with Gasteiger partial charge < -0.3 is 14.8 Å². The molecule has 1 aliphatic heterocycles. The Kier molecular flexibility index (Phi) is 4.88. The summed E-state index contributed by atoms with van der Waals surface area (Å²) in [4.78, 5) is 30.9. The van der Waals surface area contributed by atoms with Gasteiger partial charge in [-0.1, -0.05) is 26.0 Å². The van der Waals surface area contributed by atoms with Gasteiger partial charge in [0.1, 0.15) is 5.82 Å². The number of benzene rings is 1. The first-order chi connectivity index (χ1) is 12.0. The van der Waals surface area contributed by atoms with Crippen LogP contribution in [0.15, 0.2) is 41.2 Å². The molecule has 1 aliphatic rings. The number of nitrogens with zero attached hydrogens (tertiary/aromatic N) is 2. The van der Waals surface area contributed by atoms with Crippen LogP contribution in [0, 0.1) is 5.82 Å². The maximum atomic E-state index is 13.9. The zero-order valence-electron chi connectivity index (χ0n) is 14.5. The minimum absolute atomic E-state index is 0.0487. The predicted octanol–water partition coefficient (Wildman–Crippen LogP) is 2.60. The molecule has 0 bridgehead atoms. The van der Waals surface area contributed by atoms with Gasteiger partial charge in [-0.25, -0.2) is 4.39 Å². The first-order valence-corrected chi connectivity index (χ1v) is 8.49. The number of carbonyl (C=O) groups is 1. The maximum absolute atomic E-state index is 13.9. The molecule has 0 unspecified atom stereocenters. The lowest BCUT2D eigenvalue weighted by atomic mass is 10.0. The summed E-state index contributed by atoms with van der Waals surface area (Å²) >= 11 is 0. The van der Waals surface area contributed by atoms with Crippen molar-refractivity contribution in [2.75, 3.05) is 31.1 Å². The summed E-state index contributed by atoms with van der Waals surface area (Å²) in [7, 11) is 0. The zero-order chi connectivity index (χ0) is 18.0. The Morgan fingerprint density at radius 1 is 1.08 bits per heavy atom. The standard InChI is InChI=1S/C19H22FN3O2/c1-13(2)18-14(7-8-17(24)21-18)19(25)23-11-9-22(10-12-23)16-6-4-3-5-15(16)20/h3-8,13H,9-12H2,1-2H3,(H,21,24). The monoisotopic (exact) mass is 343 g/mol. The van der Waals surface area contributed by atoms with E-state index in [4.69, 9.17) is 0 Å². The number of nitrogens with one attached hydrogen (secondary N) is 1. The van der Waals surface area contributed by atoms with E-state index in [-0.39, 0.29) is 23.2 Å². The van der Waals surface area contributed by atoms with E-state index in [0.29, 0.717) is 43.1 Å². The molecule has 1 saturated heterocycles. The molecule has 0 saturated carbocycles. The number of para-hydroxylation sites is 1. The summed E-state index contributed by atoms with van der Waals surface area (Å²) in [6, 6.07) is 9.66. The summed E-state index contributed by atoms with van der Waals surface area (Å²) in [5.74, 6) is -0.286. The minimum Gasteiger partial charge on any atom is -0.366 e. The van der Waals surface area contributed by atoms with Crippen LogP contribution >= 0.6 is 0 Å². The molecule has 0 spiro atoms. The third-order valence-corrected chi connectivity index (χ3v) is 4.52. The second kappa shape index (κ2) is 7.09. The molecule has 25 heavy (non-hydrogen) atoms. The van der Waals surface area contributed by atoms with Crippen LogP contribution in [0.2, 0.25) is 0 Å². The van der Waals surface area contributed by atoms with Crippen LogP contribution in [-0.2, 0) is 0 Å². The summed E-state index contributed by atoms with van der Waals surface area (Å²) in [6.07, 6.45) is 0. The summed E-state index contributed by atoms with van der Waals surface area (Å²) in [5, 5.41) is 0. The number of pyridine rings is 1. The van der Waals surface area contributed by atoms with Crippen LogP contribution in [0.5, 0.6) is 0 Å². The molecule has 1 N–H and O–H groups in total. The number of aromatic nitrogens is 1. The Morgan fingerprint density at radius 3 is 2.40 bits per heavy atom. The lowest BCUT2D eigenvalue weighted by molar-refractivity contribution is 0.0744. The highest BCUT2D eigenvalue weighted by molar-refractivity contribution is 5.95. The summed E-state index contributed by atoms with van der Waals surface area (Å²) in [5.41, 5.74) is 1.56. The van der Waals surface area contributed by atoms with Gasteiger partial charge in [0.25, 0.3) is 5.91 Å². The predicted molar refractivity (Wildman–Crippen MR) is 95.7 cm³/mol. The normalized spacial score (nSPS) is 14.9. The molecule has 2 aromatic rings. The zero-order valence-corrected chi connectivity index (χ0v) is 14.5. The van der Waals surface area contributed by atoms with Gasteiger partial charge in [-0.2, -0.15) is 0 Å². The number of hydrogen-bond acceptors (Lipinski definition) is 3. The first-order valence-electron chi connectivity index (χ1n) is 8.49. The van der Waals surface area contributed by atoms with E-state index in [9.17, 15) is 14.0 Å². The number of halogens is 1. The molecule has 0 atom stereocenters.